The number of nitrogens with one attached hydrogen (secondary N) is 2. The maximum absolute atomic E-state index is 12.6. The van der Waals surface area contributed by atoms with Gasteiger partial charge in [0.05, 0.1) is 18.7 Å². The average Bonchev–Trinajstić information content (AvgIpc) is 2.63. The van der Waals surface area contributed by atoms with Gasteiger partial charge in [0, 0.05) is 15.6 Å². The third-order valence-electron chi connectivity index (χ3n) is 3.29. The van der Waals surface area contributed by atoms with E-state index >= 15 is 0 Å². The lowest BCUT2D eigenvalue weighted by atomic mass is 10.1. The first-order chi connectivity index (χ1) is 12.8. The van der Waals surface area contributed by atoms with Gasteiger partial charge in [-0.1, -0.05) is 39.9 Å². The topological polar surface area (TPSA) is 58.2 Å². The van der Waals surface area contributed by atoms with E-state index in [0.29, 0.717) is 5.56 Å². The molecule has 27 heavy (non-hydrogen) atoms. The molecule has 2 aromatic rings. The zero-order chi connectivity index (χ0) is 19.9. The zero-order valence-corrected chi connectivity index (χ0v) is 15.4. The molecule has 2 rings (SSSR count). The summed E-state index contributed by atoms with van der Waals surface area (Å²) >= 11 is 3.25. The van der Waals surface area contributed by atoms with Crippen LogP contribution >= 0.6 is 15.9 Å². The van der Waals surface area contributed by atoms with Crippen molar-refractivity contribution in [1.29, 1.82) is 0 Å². The maximum Gasteiger partial charge on any atom is 0.416 e. The molecule has 2 N–H and O–H groups in total. The number of benzene rings is 2. The Hall–Kier alpha value is -2.79. The molecule has 0 bridgehead atoms. The van der Waals surface area contributed by atoms with E-state index in [1.807, 2.05) is 0 Å². The number of carbonyl (C=O) groups excluding carboxylic acids is 2. The summed E-state index contributed by atoms with van der Waals surface area (Å²) in [5.41, 5.74) is -0.183. The summed E-state index contributed by atoms with van der Waals surface area (Å²) in [4.78, 5) is 23.6. The van der Waals surface area contributed by atoms with Crippen LogP contribution in [-0.4, -0.2) is 24.9 Å². The second-order valence-electron chi connectivity index (χ2n) is 5.35. The minimum atomic E-state index is -4.43. The highest BCUT2D eigenvalue weighted by Crippen LogP contribution is 2.29. The third-order valence-corrected chi connectivity index (χ3v) is 3.79. The first-order valence-corrected chi connectivity index (χ1v) is 8.51. The third kappa shape index (κ3) is 6.79. The van der Waals surface area contributed by atoms with Crippen molar-refractivity contribution in [2.45, 2.75) is 6.18 Å². The predicted octanol–water partition coefficient (Wildman–Crippen LogP) is 3.37. The van der Waals surface area contributed by atoms with Crippen molar-refractivity contribution < 1.29 is 22.8 Å². The number of alkyl halides is 3. The molecule has 0 saturated carbocycles. The summed E-state index contributed by atoms with van der Waals surface area (Å²) in [5.74, 6) is 4.26. The van der Waals surface area contributed by atoms with Crippen LogP contribution in [0.1, 0.15) is 21.5 Å². The Morgan fingerprint density at radius 1 is 1.04 bits per heavy atom. The van der Waals surface area contributed by atoms with E-state index in [1.165, 1.54) is 12.1 Å². The second-order valence-corrected chi connectivity index (χ2v) is 6.27. The van der Waals surface area contributed by atoms with Gasteiger partial charge in [-0.25, -0.2) is 0 Å². The minimum Gasteiger partial charge on any atom is -0.344 e. The lowest BCUT2D eigenvalue weighted by Crippen LogP contribution is -2.37. The van der Waals surface area contributed by atoms with Crippen molar-refractivity contribution in [3.63, 3.8) is 0 Å². The van der Waals surface area contributed by atoms with Crippen molar-refractivity contribution >= 4 is 27.7 Å². The number of amides is 2. The normalized spacial score (nSPS) is 10.5. The van der Waals surface area contributed by atoms with Gasteiger partial charge in [0.25, 0.3) is 5.91 Å². The average molecular weight is 439 g/mol. The monoisotopic (exact) mass is 438 g/mol. The first-order valence-electron chi connectivity index (χ1n) is 7.72. The summed E-state index contributed by atoms with van der Waals surface area (Å²) in [6, 6.07) is 11.3. The molecule has 0 aliphatic carbocycles. The summed E-state index contributed by atoms with van der Waals surface area (Å²) in [6.07, 6.45) is -4.43. The number of rotatable bonds is 4. The van der Waals surface area contributed by atoms with Crippen molar-refractivity contribution in [3.8, 4) is 11.8 Å². The maximum atomic E-state index is 12.6. The molecule has 0 radical (unpaired) electrons. The van der Waals surface area contributed by atoms with Gasteiger partial charge in [-0.15, -0.1) is 0 Å². The fourth-order valence-electron chi connectivity index (χ4n) is 2.02. The van der Waals surface area contributed by atoms with Crippen LogP contribution in [0.5, 0.6) is 0 Å². The van der Waals surface area contributed by atoms with E-state index in [-0.39, 0.29) is 18.7 Å². The molecule has 2 amide bonds. The van der Waals surface area contributed by atoms with Gasteiger partial charge >= 0.3 is 6.18 Å². The lowest BCUT2D eigenvalue weighted by Gasteiger charge is -2.06. The van der Waals surface area contributed by atoms with Gasteiger partial charge in [0.2, 0.25) is 5.91 Å². The fourth-order valence-corrected chi connectivity index (χ4v) is 2.42. The van der Waals surface area contributed by atoms with Gasteiger partial charge in [0.1, 0.15) is 0 Å². The van der Waals surface area contributed by atoms with Crippen LogP contribution in [0.25, 0.3) is 0 Å². The van der Waals surface area contributed by atoms with Gasteiger partial charge < -0.3 is 10.6 Å². The molecule has 0 heterocycles. The largest absolute Gasteiger partial charge is 0.416 e. The number of carbonyl (C=O) groups is 2. The molecule has 0 saturated heterocycles. The molecule has 2 aromatic carbocycles. The second kappa shape index (κ2) is 9.24. The number of halogens is 4. The molecule has 140 valence electrons. The van der Waals surface area contributed by atoms with Crippen LogP contribution in [0.2, 0.25) is 0 Å². The summed E-state index contributed by atoms with van der Waals surface area (Å²) in [6.45, 7) is -0.293. The van der Waals surface area contributed by atoms with E-state index in [4.69, 9.17) is 0 Å². The Bertz CT molecular complexity index is 902. The Balaban J connectivity index is 1.80. The zero-order valence-electron chi connectivity index (χ0n) is 13.9. The SMILES string of the molecule is O=C(CNC(=O)c1cccc(Br)c1)NCC#Cc1cccc(C(F)(F)F)c1. The summed E-state index contributed by atoms with van der Waals surface area (Å²) in [5, 5.41) is 4.92. The van der Waals surface area contributed by atoms with Gasteiger partial charge in [-0.2, -0.15) is 13.2 Å². The molecule has 0 fully saturated rings. The Kier molecular flexibility index (Phi) is 7.02. The van der Waals surface area contributed by atoms with Crippen molar-refractivity contribution in [2.24, 2.45) is 0 Å². The molecule has 8 heteroatoms. The summed E-state index contributed by atoms with van der Waals surface area (Å²) in [7, 11) is 0. The highest BCUT2D eigenvalue weighted by atomic mass is 79.9. The molecular weight excluding hydrogens is 425 g/mol. The molecule has 4 nitrogen and oxygen atoms in total. The predicted molar refractivity (Wildman–Crippen MR) is 97.8 cm³/mol. The number of hydrogen-bond donors (Lipinski definition) is 2. The minimum absolute atomic E-state index is 0.0537. The Morgan fingerprint density at radius 2 is 1.78 bits per heavy atom. The van der Waals surface area contributed by atoms with E-state index in [2.05, 4.69) is 38.4 Å². The van der Waals surface area contributed by atoms with E-state index < -0.39 is 23.6 Å². The molecule has 0 aliphatic heterocycles. The van der Waals surface area contributed by atoms with Gasteiger partial charge in [-0.05, 0) is 36.4 Å². The lowest BCUT2D eigenvalue weighted by molar-refractivity contribution is -0.137. The molecule has 0 unspecified atom stereocenters. The van der Waals surface area contributed by atoms with Crippen molar-refractivity contribution in [2.75, 3.05) is 13.1 Å². The molecular formula is C19H14BrF3N2O2. The number of hydrogen-bond acceptors (Lipinski definition) is 2. The van der Waals surface area contributed by atoms with Gasteiger partial charge in [0.15, 0.2) is 0 Å². The molecule has 0 aromatic heterocycles. The highest BCUT2D eigenvalue weighted by Gasteiger charge is 2.30. The quantitative estimate of drug-likeness (QED) is 0.719. The van der Waals surface area contributed by atoms with Crippen LogP contribution < -0.4 is 10.6 Å². The highest BCUT2D eigenvalue weighted by molar-refractivity contribution is 9.10. The molecule has 0 spiro atoms. The smallest absolute Gasteiger partial charge is 0.344 e. The van der Waals surface area contributed by atoms with E-state index in [1.54, 1.807) is 24.3 Å². The van der Waals surface area contributed by atoms with Gasteiger partial charge in [-0.3, -0.25) is 9.59 Å². The first kappa shape index (κ1) is 20.5. The van der Waals surface area contributed by atoms with Crippen LogP contribution in [0.3, 0.4) is 0 Å². The molecule has 0 atom stereocenters. The Labute approximate surface area is 162 Å². The summed E-state index contributed by atoms with van der Waals surface area (Å²) < 4.78 is 38.6. The Morgan fingerprint density at radius 3 is 2.48 bits per heavy atom. The van der Waals surface area contributed by atoms with Crippen LogP contribution in [-0.2, 0) is 11.0 Å². The van der Waals surface area contributed by atoms with E-state index in [0.717, 1.165) is 16.6 Å². The van der Waals surface area contributed by atoms with Crippen molar-refractivity contribution in [3.05, 3.63) is 69.7 Å². The molecule has 0 aliphatic rings. The van der Waals surface area contributed by atoms with E-state index in [9.17, 15) is 22.8 Å². The van der Waals surface area contributed by atoms with Crippen LogP contribution in [0.15, 0.2) is 53.0 Å². The van der Waals surface area contributed by atoms with Crippen LogP contribution in [0, 0.1) is 11.8 Å². The van der Waals surface area contributed by atoms with Crippen LogP contribution in [0.4, 0.5) is 13.2 Å². The standard InChI is InChI=1S/C19H14BrF3N2O2/c20-16-8-2-6-14(11-16)18(27)25-12-17(26)24-9-3-5-13-4-1-7-15(10-13)19(21,22)23/h1-2,4,6-8,10-11H,9,12H2,(H,24,26)(H,25,27). The fraction of sp³-hybridized carbons (Fsp3) is 0.158. The van der Waals surface area contributed by atoms with Crippen molar-refractivity contribution in [1.82, 2.24) is 10.6 Å².